The van der Waals surface area contributed by atoms with Gasteiger partial charge in [-0.15, -0.1) is 0 Å². The van der Waals surface area contributed by atoms with Crippen molar-refractivity contribution in [1.29, 1.82) is 0 Å². The zero-order valence-electron chi connectivity index (χ0n) is 8.47. The van der Waals surface area contributed by atoms with Gasteiger partial charge in [0.1, 0.15) is 0 Å². The van der Waals surface area contributed by atoms with E-state index < -0.39 is 0 Å². The molecule has 5 nitrogen and oxygen atoms in total. The summed E-state index contributed by atoms with van der Waals surface area (Å²) in [5, 5.41) is 9.47. The summed E-state index contributed by atoms with van der Waals surface area (Å²) in [6, 6.07) is 0.203. The van der Waals surface area contributed by atoms with Crippen molar-refractivity contribution in [1.82, 2.24) is 15.0 Å². The van der Waals surface area contributed by atoms with E-state index in [1.54, 1.807) is 0 Å². The number of rotatable bonds is 5. The summed E-state index contributed by atoms with van der Waals surface area (Å²) in [4.78, 5) is 11.7. The summed E-state index contributed by atoms with van der Waals surface area (Å²) >= 11 is 7.08. The first kappa shape index (κ1) is 12.5. The van der Waals surface area contributed by atoms with Crippen molar-refractivity contribution in [3.05, 3.63) is 5.28 Å². The second-order valence-corrected chi connectivity index (χ2v) is 4.30. The Bertz CT molecular complexity index is 327. The first-order valence-electron chi connectivity index (χ1n) is 4.35. The Balaban J connectivity index is 2.64. The van der Waals surface area contributed by atoms with Crippen LogP contribution >= 0.6 is 23.4 Å². The first-order valence-corrected chi connectivity index (χ1v) is 5.71. The van der Waals surface area contributed by atoms with Gasteiger partial charge in [0.05, 0.1) is 7.11 Å². The van der Waals surface area contributed by atoms with Crippen molar-refractivity contribution < 1.29 is 9.84 Å². The molecule has 15 heavy (non-hydrogen) atoms. The fourth-order valence-corrected chi connectivity index (χ4v) is 1.78. The third-order valence-corrected chi connectivity index (χ3v) is 2.90. The van der Waals surface area contributed by atoms with Gasteiger partial charge < -0.3 is 9.84 Å². The number of aromatic nitrogens is 3. The summed E-state index contributed by atoms with van der Waals surface area (Å²) in [6.07, 6.45) is 0. The topological polar surface area (TPSA) is 68.1 Å². The van der Waals surface area contributed by atoms with Crippen molar-refractivity contribution in [3.8, 4) is 6.01 Å². The third-order valence-electron chi connectivity index (χ3n) is 1.56. The smallest absolute Gasteiger partial charge is 0.321 e. The third kappa shape index (κ3) is 4.19. The van der Waals surface area contributed by atoms with Crippen LogP contribution in [0, 0.1) is 5.92 Å². The minimum atomic E-state index is 0.112. The van der Waals surface area contributed by atoms with Gasteiger partial charge in [0.2, 0.25) is 5.28 Å². The standard InChI is InChI=1S/C8H12ClN3O2S/c1-5(3-13)4-15-8-11-6(9)10-7(12-8)14-2/h5,13H,3-4H2,1-2H3. The molecule has 0 saturated heterocycles. The molecule has 0 spiro atoms. The SMILES string of the molecule is COc1nc(Cl)nc(SCC(C)CO)n1. The van der Waals surface area contributed by atoms with Crippen LogP contribution in [0.1, 0.15) is 6.92 Å². The average molecular weight is 250 g/mol. The van der Waals surface area contributed by atoms with E-state index in [4.69, 9.17) is 21.4 Å². The summed E-state index contributed by atoms with van der Waals surface area (Å²) in [7, 11) is 1.47. The number of ether oxygens (including phenoxy) is 1. The van der Waals surface area contributed by atoms with E-state index in [0.29, 0.717) is 5.16 Å². The molecule has 0 bridgehead atoms. The second kappa shape index (κ2) is 6.09. The average Bonchev–Trinajstić information content (AvgIpc) is 2.25. The van der Waals surface area contributed by atoms with Crippen LogP contribution in [0.15, 0.2) is 5.16 Å². The lowest BCUT2D eigenvalue weighted by Gasteiger charge is -2.06. The largest absolute Gasteiger partial charge is 0.467 e. The predicted octanol–water partition coefficient (Wildman–Crippen LogP) is 1.25. The molecule has 1 aromatic heterocycles. The maximum Gasteiger partial charge on any atom is 0.321 e. The van der Waals surface area contributed by atoms with Gasteiger partial charge in [-0.05, 0) is 17.5 Å². The first-order chi connectivity index (χ1) is 7.15. The molecule has 1 rings (SSSR count). The molecule has 1 aromatic rings. The Morgan fingerprint density at radius 3 is 2.80 bits per heavy atom. The quantitative estimate of drug-likeness (QED) is 0.793. The molecule has 1 N–H and O–H groups in total. The lowest BCUT2D eigenvalue weighted by atomic mass is 10.2. The molecule has 84 valence electrons. The van der Waals surface area contributed by atoms with Crippen LogP contribution in [0.3, 0.4) is 0 Å². The van der Waals surface area contributed by atoms with Gasteiger partial charge in [-0.1, -0.05) is 18.7 Å². The van der Waals surface area contributed by atoms with E-state index in [1.165, 1.54) is 18.9 Å². The van der Waals surface area contributed by atoms with E-state index in [1.807, 2.05) is 6.92 Å². The number of aliphatic hydroxyl groups excluding tert-OH is 1. The number of aliphatic hydroxyl groups is 1. The Kier molecular flexibility index (Phi) is 5.07. The van der Waals surface area contributed by atoms with E-state index in [0.717, 1.165) is 5.75 Å². The molecule has 1 heterocycles. The van der Waals surface area contributed by atoms with Gasteiger partial charge >= 0.3 is 6.01 Å². The van der Waals surface area contributed by atoms with Crippen LogP contribution in [-0.4, -0.2) is 39.5 Å². The molecule has 0 fully saturated rings. The number of thioether (sulfide) groups is 1. The normalized spacial score (nSPS) is 12.5. The molecule has 0 amide bonds. The van der Waals surface area contributed by atoms with Gasteiger partial charge in [-0.2, -0.15) is 15.0 Å². The highest BCUT2D eigenvalue weighted by Gasteiger charge is 2.07. The minimum absolute atomic E-state index is 0.112. The van der Waals surface area contributed by atoms with Gasteiger partial charge in [0.25, 0.3) is 0 Å². The zero-order chi connectivity index (χ0) is 11.3. The number of methoxy groups -OCH3 is 1. The molecule has 0 saturated carbocycles. The van der Waals surface area contributed by atoms with Crippen LogP contribution in [0.5, 0.6) is 6.01 Å². The minimum Gasteiger partial charge on any atom is -0.467 e. The molecule has 0 aliphatic rings. The van der Waals surface area contributed by atoms with Gasteiger partial charge in [-0.25, -0.2) is 0 Å². The van der Waals surface area contributed by atoms with E-state index in [9.17, 15) is 0 Å². The second-order valence-electron chi connectivity index (χ2n) is 2.97. The Morgan fingerprint density at radius 2 is 2.20 bits per heavy atom. The van der Waals surface area contributed by atoms with Crippen molar-refractivity contribution in [2.45, 2.75) is 12.1 Å². The molecule has 7 heteroatoms. The molecule has 0 aromatic carbocycles. The Morgan fingerprint density at radius 1 is 1.47 bits per heavy atom. The van der Waals surface area contributed by atoms with Crippen LogP contribution in [-0.2, 0) is 0 Å². The fourth-order valence-electron chi connectivity index (χ4n) is 0.740. The van der Waals surface area contributed by atoms with Crippen molar-refractivity contribution >= 4 is 23.4 Å². The van der Waals surface area contributed by atoms with Crippen molar-refractivity contribution in [2.24, 2.45) is 5.92 Å². The molecule has 0 aliphatic carbocycles. The molecular weight excluding hydrogens is 238 g/mol. The van der Waals surface area contributed by atoms with Gasteiger partial charge in [0.15, 0.2) is 5.16 Å². The van der Waals surface area contributed by atoms with Crippen LogP contribution in [0.2, 0.25) is 5.28 Å². The zero-order valence-corrected chi connectivity index (χ0v) is 10.0. The fraction of sp³-hybridized carbons (Fsp3) is 0.625. The molecular formula is C8H12ClN3O2S. The van der Waals surface area contributed by atoms with Crippen LogP contribution in [0.4, 0.5) is 0 Å². The highest BCUT2D eigenvalue weighted by molar-refractivity contribution is 7.99. The monoisotopic (exact) mass is 249 g/mol. The van der Waals surface area contributed by atoms with Crippen LogP contribution in [0.25, 0.3) is 0 Å². The maximum absolute atomic E-state index is 8.85. The van der Waals surface area contributed by atoms with Gasteiger partial charge in [-0.3, -0.25) is 0 Å². The van der Waals surface area contributed by atoms with Gasteiger partial charge in [0, 0.05) is 12.4 Å². The van der Waals surface area contributed by atoms with E-state index in [2.05, 4.69) is 15.0 Å². The maximum atomic E-state index is 8.85. The highest BCUT2D eigenvalue weighted by atomic mass is 35.5. The summed E-state index contributed by atoms with van der Waals surface area (Å²) in [5.41, 5.74) is 0. The van der Waals surface area contributed by atoms with Crippen molar-refractivity contribution in [3.63, 3.8) is 0 Å². The molecule has 0 aliphatic heterocycles. The number of halogens is 1. The van der Waals surface area contributed by atoms with E-state index >= 15 is 0 Å². The lowest BCUT2D eigenvalue weighted by molar-refractivity contribution is 0.250. The van der Waals surface area contributed by atoms with Crippen molar-refractivity contribution in [2.75, 3.05) is 19.5 Å². The Hall–Kier alpha value is -0.590. The summed E-state index contributed by atoms with van der Waals surface area (Å²) in [6.45, 7) is 2.08. The summed E-state index contributed by atoms with van der Waals surface area (Å²) in [5.74, 6) is 0.913. The van der Waals surface area contributed by atoms with Crippen LogP contribution < -0.4 is 4.74 Å². The Labute approximate surface area is 97.2 Å². The summed E-state index contributed by atoms with van der Waals surface area (Å²) < 4.78 is 4.86. The molecule has 1 atom stereocenters. The number of hydrogen-bond donors (Lipinski definition) is 1. The lowest BCUT2D eigenvalue weighted by Crippen LogP contribution is -2.04. The number of nitrogens with zero attached hydrogens (tertiary/aromatic N) is 3. The molecule has 0 radical (unpaired) electrons. The highest BCUT2D eigenvalue weighted by Crippen LogP contribution is 2.19. The number of hydrogen-bond acceptors (Lipinski definition) is 6. The molecule has 1 unspecified atom stereocenters. The predicted molar refractivity (Wildman–Crippen MR) is 58.4 cm³/mol. The van der Waals surface area contributed by atoms with E-state index in [-0.39, 0.29) is 23.8 Å².